The first-order chi connectivity index (χ1) is 18.4. The summed E-state index contributed by atoms with van der Waals surface area (Å²) in [7, 11) is -4.01. The summed E-state index contributed by atoms with van der Waals surface area (Å²) >= 11 is 0. The quantitative estimate of drug-likeness (QED) is 0.286. The fraction of sp³-hybridized carbons (Fsp3) is 0.167. The maximum atomic E-state index is 13.1. The minimum absolute atomic E-state index is 0.0187. The zero-order chi connectivity index (χ0) is 26.3. The average Bonchev–Trinajstić information content (AvgIpc) is 3.33. The van der Waals surface area contributed by atoms with E-state index in [1.807, 2.05) is 0 Å². The van der Waals surface area contributed by atoms with Crippen LogP contribution in [0.15, 0.2) is 53.8 Å². The SMILES string of the molecule is O=C1COc2ccc(CNC(=O)c3ncnc4c(NS(=O)(=O)c5ccc6c(c5)OCCO6)c[nH]c34)cc2N1. The first-order valence-corrected chi connectivity index (χ1v) is 12.9. The molecule has 0 atom stereocenters. The number of aromatic nitrogens is 3. The number of hydrogen-bond donors (Lipinski definition) is 4. The maximum Gasteiger partial charge on any atom is 0.272 e. The van der Waals surface area contributed by atoms with Crippen molar-refractivity contribution in [2.24, 2.45) is 0 Å². The Labute approximate surface area is 215 Å². The topological polar surface area (TPSA) is 174 Å². The van der Waals surface area contributed by atoms with Crippen molar-refractivity contribution in [3.63, 3.8) is 0 Å². The lowest BCUT2D eigenvalue weighted by Crippen LogP contribution is -2.26. The van der Waals surface area contributed by atoms with Crippen LogP contribution in [0.4, 0.5) is 11.4 Å². The molecular weight excluding hydrogens is 516 g/mol. The van der Waals surface area contributed by atoms with Crippen LogP contribution in [-0.2, 0) is 21.4 Å². The molecule has 194 valence electrons. The highest BCUT2D eigenvalue weighted by Gasteiger charge is 2.23. The number of amides is 2. The predicted molar refractivity (Wildman–Crippen MR) is 134 cm³/mol. The van der Waals surface area contributed by atoms with Gasteiger partial charge >= 0.3 is 0 Å². The zero-order valence-corrected chi connectivity index (χ0v) is 20.4. The summed E-state index contributed by atoms with van der Waals surface area (Å²) in [5.41, 5.74) is 1.92. The van der Waals surface area contributed by atoms with Gasteiger partial charge in [0.1, 0.15) is 30.8 Å². The van der Waals surface area contributed by atoms with Crippen molar-refractivity contribution in [3.05, 3.63) is 60.2 Å². The van der Waals surface area contributed by atoms with Gasteiger partial charge in [-0.25, -0.2) is 18.4 Å². The molecule has 0 fully saturated rings. The van der Waals surface area contributed by atoms with Crippen LogP contribution in [0.2, 0.25) is 0 Å². The second-order valence-electron chi connectivity index (χ2n) is 8.41. The lowest BCUT2D eigenvalue weighted by Gasteiger charge is -2.19. The summed E-state index contributed by atoms with van der Waals surface area (Å²) in [6.45, 7) is 0.823. The van der Waals surface area contributed by atoms with Crippen LogP contribution in [0, 0.1) is 0 Å². The van der Waals surface area contributed by atoms with Gasteiger partial charge in [0.25, 0.3) is 21.8 Å². The monoisotopic (exact) mass is 536 g/mol. The standard InChI is InChI=1S/C24H20N6O7S/c31-20-11-37-17-3-1-13(7-15(17)29-20)9-26-24(32)23-22-21(27-12-28-23)16(10-25-22)30-38(33,34)14-2-4-18-19(8-14)36-6-5-35-18/h1-4,7-8,10,12,25,30H,5-6,9,11H2,(H,26,32)(H,29,31). The van der Waals surface area contributed by atoms with E-state index in [1.54, 1.807) is 18.2 Å². The molecule has 0 unspecified atom stereocenters. The highest BCUT2D eigenvalue weighted by molar-refractivity contribution is 7.92. The first-order valence-electron chi connectivity index (χ1n) is 11.5. The van der Waals surface area contributed by atoms with E-state index in [1.165, 1.54) is 30.7 Å². The summed E-state index contributed by atoms with van der Waals surface area (Å²) in [5.74, 6) is 0.606. The summed E-state index contributed by atoms with van der Waals surface area (Å²) in [6.07, 6.45) is 2.58. The lowest BCUT2D eigenvalue weighted by molar-refractivity contribution is -0.118. The van der Waals surface area contributed by atoms with Crippen LogP contribution < -0.4 is 29.6 Å². The molecule has 2 aliphatic rings. The second-order valence-corrected chi connectivity index (χ2v) is 10.1. The van der Waals surface area contributed by atoms with Crippen LogP contribution in [0.1, 0.15) is 16.1 Å². The van der Waals surface area contributed by atoms with Crippen molar-refractivity contribution in [3.8, 4) is 17.2 Å². The van der Waals surface area contributed by atoms with Crippen molar-refractivity contribution in [1.82, 2.24) is 20.3 Å². The molecule has 2 aromatic heterocycles. The van der Waals surface area contributed by atoms with Gasteiger partial charge in [-0.3, -0.25) is 14.3 Å². The van der Waals surface area contributed by atoms with E-state index in [2.05, 4.69) is 30.3 Å². The largest absolute Gasteiger partial charge is 0.486 e. The molecule has 2 aromatic carbocycles. The summed E-state index contributed by atoms with van der Waals surface area (Å²) < 4.78 is 44.9. The Morgan fingerprint density at radius 2 is 1.82 bits per heavy atom. The Morgan fingerprint density at radius 3 is 2.68 bits per heavy atom. The summed E-state index contributed by atoms with van der Waals surface area (Å²) in [4.78, 5) is 35.6. The Kier molecular flexibility index (Phi) is 5.72. The second kappa shape index (κ2) is 9.23. The normalized spacial score (nSPS) is 14.3. The molecule has 0 saturated carbocycles. The lowest BCUT2D eigenvalue weighted by atomic mass is 10.1. The van der Waals surface area contributed by atoms with Crippen LogP contribution in [-0.4, -0.2) is 55.0 Å². The van der Waals surface area contributed by atoms with Crippen molar-refractivity contribution < 1.29 is 32.2 Å². The van der Waals surface area contributed by atoms with Crippen molar-refractivity contribution in [2.45, 2.75) is 11.4 Å². The van der Waals surface area contributed by atoms with Gasteiger partial charge in [-0.1, -0.05) is 6.07 Å². The average molecular weight is 537 g/mol. The van der Waals surface area contributed by atoms with E-state index >= 15 is 0 Å². The molecule has 4 heterocycles. The highest BCUT2D eigenvalue weighted by Crippen LogP contribution is 2.33. The third-order valence-electron chi connectivity index (χ3n) is 5.88. The number of rotatable bonds is 6. The van der Waals surface area contributed by atoms with Gasteiger partial charge < -0.3 is 29.8 Å². The number of ether oxygens (including phenoxy) is 3. The molecule has 13 nitrogen and oxygen atoms in total. The van der Waals surface area contributed by atoms with Gasteiger partial charge in [0.15, 0.2) is 23.8 Å². The third kappa shape index (κ3) is 4.41. The number of aromatic amines is 1. The predicted octanol–water partition coefficient (Wildman–Crippen LogP) is 1.79. The molecule has 0 saturated heterocycles. The van der Waals surface area contributed by atoms with E-state index in [0.717, 1.165) is 5.56 Å². The number of H-pyrrole nitrogens is 1. The summed E-state index contributed by atoms with van der Waals surface area (Å²) in [5, 5.41) is 5.49. The van der Waals surface area contributed by atoms with Gasteiger partial charge in [-0.15, -0.1) is 0 Å². The molecular formula is C24H20N6O7S. The van der Waals surface area contributed by atoms with Crippen LogP contribution in [0.25, 0.3) is 11.0 Å². The molecule has 0 spiro atoms. The Hall–Kier alpha value is -4.85. The van der Waals surface area contributed by atoms with E-state index in [4.69, 9.17) is 14.2 Å². The Balaban J connectivity index is 1.20. The van der Waals surface area contributed by atoms with E-state index < -0.39 is 15.9 Å². The number of anilines is 2. The van der Waals surface area contributed by atoms with Gasteiger partial charge in [-0.05, 0) is 29.8 Å². The molecule has 4 N–H and O–H groups in total. The van der Waals surface area contributed by atoms with Crippen LogP contribution in [0.3, 0.4) is 0 Å². The molecule has 4 aromatic rings. The number of benzene rings is 2. The van der Waals surface area contributed by atoms with Crippen molar-refractivity contribution in [2.75, 3.05) is 29.9 Å². The molecule has 0 radical (unpaired) electrons. The molecule has 0 aliphatic carbocycles. The summed E-state index contributed by atoms with van der Waals surface area (Å²) in [6, 6.07) is 9.53. The van der Waals surface area contributed by atoms with Gasteiger partial charge in [-0.2, -0.15) is 0 Å². The Bertz CT molecular complexity index is 1700. The Morgan fingerprint density at radius 1 is 1.00 bits per heavy atom. The number of sulfonamides is 1. The molecule has 6 rings (SSSR count). The fourth-order valence-corrected chi connectivity index (χ4v) is 5.16. The zero-order valence-electron chi connectivity index (χ0n) is 19.6. The van der Waals surface area contributed by atoms with Crippen LogP contribution in [0.5, 0.6) is 17.2 Å². The highest BCUT2D eigenvalue weighted by atomic mass is 32.2. The van der Waals surface area contributed by atoms with Crippen LogP contribution >= 0.6 is 0 Å². The first kappa shape index (κ1) is 23.5. The molecule has 2 amide bonds. The number of fused-ring (bicyclic) bond motifs is 3. The maximum absolute atomic E-state index is 13.1. The van der Waals surface area contributed by atoms with Gasteiger partial charge in [0.05, 0.1) is 21.8 Å². The molecule has 0 bridgehead atoms. The van der Waals surface area contributed by atoms with E-state index in [-0.39, 0.29) is 46.4 Å². The van der Waals surface area contributed by atoms with E-state index in [0.29, 0.717) is 36.1 Å². The van der Waals surface area contributed by atoms with Crippen molar-refractivity contribution in [1.29, 1.82) is 0 Å². The molecule has 2 aliphatic heterocycles. The van der Waals surface area contributed by atoms with Gasteiger partial charge in [0, 0.05) is 18.8 Å². The minimum Gasteiger partial charge on any atom is -0.486 e. The fourth-order valence-electron chi connectivity index (χ4n) is 4.09. The van der Waals surface area contributed by atoms with E-state index in [9.17, 15) is 18.0 Å². The number of hydrogen-bond acceptors (Lipinski definition) is 9. The number of nitrogens with zero attached hydrogens (tertiary/aromatic N) is 2. The molecule has 14 heteroatoms. The minimum atomic E-state index is -4.01. The van der Waals surface area contributed by atoms with Crippen molar-refractivity contribution >= 4 is 44.2 Å². The van der Waals surface area contributed by atoms with Gasteiger partial charge in [0.2, 0.25) is 0 Å². The third-order valence-corrected chi connectivity index (χ3v) is 7.24. The smallest absolute Gasteiger partial charge is 0.272 e. The number of carbonyl (C=O) groups excluding carboxylic acids is 2. The number of nitrogens with one attached hydrogen (secondary N) is 4. The molecule has 38 heavy (non-hydrogen) atoms. The number of carbonyl (C=O) groups is 2.